The summed E-state index contributed by atoms with van der Waals surface area (Å²) in [5, 5.41) is 3.47. The van der Waals surface area contributed by atoms with Crippen LogP contribution in [0.25, 0.3) is 0 Å². The van der Waals surface area contributed by atoms with E-state index >= 15 is 0 Å². The summed E-state index contributed by atoms with van der Waals surface area (Å²) in [6, 6.07) is 5.86. The van der Waals surface area contributed by atoms with Crippen molar-refractivity contribution in [3.05, 3.63) is 29.6 Å². The molecule has 1 aliphatic rings. The maximum Gasteiger partial charge on any atom is 0.146 e. The smallest absolute Gasteiger partial charge is 0.146 e. The van der Waals surface area contributed by atoms with Gasteiger partial charge in [0.15, 0.2) is 0 Å². The fourth-order valence-corrected chi connectivity index (χ4v) is 2.81. The second-order valence-electron chi connectivity index (χ2n) is 6.89. The van der Waals surface area contributed by atoms with Gasteiger partial charge in [-0.15, -0.1) is 0 Å². The summed E-state index contributed by atoms with van der Waals surface area (Å²) < 4.78 is 14.4. The van der Waals surface area contributed by atoms with Crippen LogP contribution in [-0.2, 0) is 6.54 Å². The number of halogens is 1. The monoisotopic (exact) mass is 278 g/mol. The number of rotatable bonds is 3. The second-order valence-corrected chi connectivity index (χ2v) is 6.89. The molecule has 2 nitrogen and oxygen atoms in total. The molecule has 1 unspecified atom stereocenters. The van der Waals surface area contributed by atoms with E-state index in [9.17, 15) is 4.39 Å². The molecule has 1 aromatic rings. The summed E-state index contributed by atoms with van der Waals surface area (Å²) in [4.78, 5) is 2.25. The van der Waals surface area contributed by atoms with Gasteiger partial charge in [0.2, 0.25) is 0 Å². The molecule has 0 radical (unpaired) electrons. The molecular weight excluding hydrogens is 251 g/mol. The Morgan fingerprint density at radius 1 is 1.30 bits per heavy atom. The summed E-state index contributed by atoms with van der Waals surface area (Å²) in [5.41, 5.74) is 1.90. The van der Waals surface area contributed by atoms with E-state index in [0.717, 1.165) is 30.6 Å². The molecule has 0 bridgehead atoms. The highest BCUT2D eigenvalue weighted by molar-refractivity contribution is 5.56. The van der Waals surface area contributed by atoms with Crippen LogP contribution in [-0.4, -0.2) is 18.1 Å². The lowest BCUT2D eigenvalue weighted by molar-refractivity contribution is 0.421. The van der Waals surface area contributed by atoms with Crippen LogP contribution >= 0.6 is 0 Å². The van der Waals surface area contributed by atoms with Crippen LogP contribution < -0.4 is 10.2 Å². The van der Waals surface area contributed by atoms with Crippen molar-refractivity contribution in [2.75, 3.05) is 11.4 Å². The largest absolute Gasteiger partial charge is 0.366 e. The molecule has 2 rings (SSSR count). The van der Waals surface area contributed by atoms with Crippen molar-refractivity contribution >= 4 is 5.69 Å². The third kappa shape index (κ3) is 3.72. The maximum absolute atomic E-state index is 14.4. The average molecular weight is 278 g/mol. The minimum absolute atomic E-state index is 0.0388. The van der Waals surface area contributed by atoms with Crippen LogP contribution in [0.5, 0.6) is 0 Å². The van der Waals surface area contributed by atoms with Gasteiger partial charge in [0.05, 0.1) is 5.69 Å². The Balaban J connectivity index is 2.26. The summed E-state index contributed by atoms with van der Waals surface area (Å²) >= 11 is 0. The highest BCUT2D eigenvalue weighted by atomic mass is 19.1. The molecule has 1 heterocycles. The van der Waals surface area contributed by atoms with Crippen LogP contribution in [0, 0.1) is 5.82 Å². The van der Waals surface area contributed by atoms with E-state index < -0.39 is 0 Å². The number of benzene rings is 1. The van der Waals surface area contributed by atoms with Crippen molar-refractivity contribution in [1.29, 1.82) is 0 Å². The lowest BCUT2D eigenvalue weighted by Gasteiger charge is -2.37. The number of hydrogen-bond acceptors (Lipinski definition) is 2. The van der Waals surface area contributed by atoms with E-state index in [-0.39, 0.29) is 11.4 Å². The molecule has 20 heavy (non-hydrogen) atoms. The van der Waals surface area contributed by atoms with E-state index in [1.165, 1.54) is 6.42 Å². The van der Waals surface area contributed by atoms with E-state index in [1.54, 1.807) is 6.07 Å². The molecule has 112 valence electrons. The molecule has 0 spiro atoms. The molecular formula is C17H27FN2. The van der Waals surface area contributed by atoms with Crippen LogP contribution in [0.15, 0.2) is 18.2 Å². The zero-order chi connectivity index (χ0) is 14.8. The van der Waals surface area contributed by atoms with Gasteiger partial charge in [0.25, 0.3) is 0 Å². The van der Waals surface area contributed by atoms with E-state index in [4.69, 9.17) is 0 Å². The lowest BCUT2D eigenvalue weighted by Crippen LogP contribution is -2.40. The van der Waals surface area contributed by atoms with Crippen LogP contribution in [0.1, 0.15) is 52.5 Å². The average Bonchev–Trinajstić information content (AvgIpc) is 2.37. The highest BCUT2D eigenvalue weighted by Crippen LogP contribution is 2.30. The summed E-state index contributed by atoms with van der Waals surface area (Å²) in [7, 11) is 0. The second kappa shape index (κ2) is 6.13. The third-order valence-electron chi connectivity index (χ3n) is 3.97. The first kappa shape index (κ1) is 15.3. The molecule has 0 aliphatic carbocycles. The number of anilines is 1. The molecule has 0 amide bonds. The quantitative estimate of drug-likeness (QED) is 0.895. The zero-order valence-corrected chi connectivity index (χ0v) is 13.2. The predicted molar refractivity (Wildman–Crippen MR) is 83.7 cm³/mol. The fraction of sp³-hybridized carbons (Fsp3) is 0.647. The Hall–Kier alpha value is -1.09. The van der Waals surface area contributed by atoms with E-state index in [0.29, 0.717) is 12.6 Å². The lowest BCUT2D eigenvalue weighted by atomic mass is 10.00. The van der Waals surface area contributed by atoms with Crippen molar-refractivity contribution in [3.8, 4) is 0 Å². The van der Waals surface area contributed by atoms with Crippen LogP contribution in [0.3, 0.4) is 0 Å². The minimum Gasteiger partial charge on any atom is -0.366 e. The molecule has 1 aromatic carbocycles. The molecule has 0 saturated carbocycles. The fourth-order valence-electron chi connectivity index (χ4n) is 2.81. The van der Waals surface area contributed by atoms with Gasteiger partial charge >= 0.3 is 0 Å². The number of hydrogen-bond donors (Lipinski definition) is 1. The van der Waals surface area contributed by atoms with Gasteiger partial charge in [0, 0.05) is 24.7 Å². The SMILES string of the molecule is CC1CCCCN1c1c(F)cccc1CNC(C)(C)C. The Morgan fingerprint density at radius 3 is 2.70 bits per heavy atom. The first-order chi connectivity index (χ1) is 9.38. The molecule has 1 aliphatic heterocycles. The Morgan fingerprint density at radius 2 is 2.05 bits per heavy atom. The van der Waals surface area contributed by atoms with Crippen molar-refractivity contribution < 1.29 is 4.39 Å². The molecule has 1 atom stereocenters. The van der Waals surface area contributed by atoms with Crippen LogP contribution in [0.4, 0.5) is 10.1 Å². The molecule has 3 heteroatoms. The Kier molecular flexibility index (Phi) is 4.69. The van der Waals surface area contributed by atoms with Crippen LogP contribution in [0.2, 0.25) is 0 Å². The first-order valence-corrected chi connectivity index (χ1v) is 7.67. The molecule has 1 saturated heterocycles. The summed E-state index contributed by atoms with van der Waals surface area (Å²) in [5.74, 6) is -0.0908. The van der Waals surface area contributed by atoms with E-state index in [1.807, 2.05) is 12.1 Å². The standard InChI is InChI=1S/C17H27FN2/c1-13-8-5-6-11-20(13)16-14(9-7-10-15(16)18)12-19-17(2,3)4/h7,9-10,13,19H,5-6,8,11-12H2,1-4H3. The van der Waals surface area contributed by atoms with Crippen molar-refractivity contribution in [3.63, 3.8) is 0 Å². The molecule has 0 aromatic heterocycles. The van der Waals surface area contributed by atoms with Gasteiger partial charge < -0.3 is 10.2 Å². The van der Waals surface area contributed by atoms with Gasteiger partial charge in [-0.3, -0.25) is 0 Å². The van der Waals surface area contributed by atoms with Crippen molar-refractivity contribution in [1.82, 2.24) is 5.32 Å². The van der Waals surface area contributed by atoms with Gasteiger partial charge in [0.1, 0.15) is 5.82 Å². The minimum atomic E-state index is -0.0908. The van der Waals surface area contributed by atoms with Gasteiger partial charge in [-0.1, -0.05) is 12.1 Å². The Bertz CT molecular complexity index is 451. The normalized spacial score (nSPS) is 20.2. The Labute approximate surface area is 122 Å². The van der Waals surface area contributed by atoms with E-state index in [2.05, 4.69) is 37.9 Å². The summed E-state index contributed by atoms with van der Waals surface area (Å²) in [6.45, 7) is 10.3. The zero-order valence-electron chi connectivity index (χ0n) is 13.2. The summed E-state index contributed by atoms with van der Waals surface area (Å²) in [6.07, 6.45) is 3.56. The number of piperidine rings is 1. The topological polar surface area (TPSA) is 15.3 Å². The highest BCUT2D eigenvalue weighted by Gasteiger charge is 2.24. The van der Waals surface area contributed by atoms with Crippen molar-refractivity contribution in [2.24, 2.45) is 0 Å². The molecule has 1 fully saturated rings. The molecule has 1 N–H and O–H groups in total. The number of para-hydroxylation sites is 1. The van der Waals surface area contributed by atoms with Crippen molar-refractivity contribution in [2.45, 2.75) is 65.1 Å². The van der Waals surface area contributed by atoms with Gasteiger partial charge in [-0.2, -0.15) is 0 Å². The maximum atomic E-state index is 14.4. The van der Waals surface area contributed by atoms with Gasteiger partial charge in [-0.25, -0.2) is 4.39 Å². The number of nitrogens with zero attached hydrogens (tertiary/aromatic N) is 1. The van der Waals surface area contributed by atoms with Gasteiger partial charge in [-0.05, 0) is 58.6 Å². The number of nitrogens with one attached hydrogen (secondary N) is 1. The predicted octanol–water partition coefficient (Wildman–Crippen LogP) is 4.09. The first-order valence-electron chi connectivity index (χ1n) is 7.67. The third-order valence-corrected chi connectivity index (χ3v) is 3.97.